The maximum absolute atomic E-state index is 12.9. The number of hydrogen-bond donors (Lipinski definition) is 0. The molecule has 0 fully saturated rings. The van der Waals surface area contributed by atoms with E-state index in [0.717, 1.165) is 3.57 Å². The molecule has 0 unspecified atom stereocenters. The second-order valence-electron chi connectivity index (χ2n) is 4.71. The zero-order chi connectivity index (χ0) is 16.9. The largest absolute Gasteiger partial charge is 0.494 e. The molecule has 2 aromatic rings. The van der Waals surface area contributed by atoms with Crippen molar-refractivity contribution in [2.45, 2.75) is 11.8 Å². The third kappa shape index (κ3) is 4.26. The Morgan fingerprint density at radius 2 is 1.74 bits per heavy atom. The van der Waals surface area contributed by atoms with Crippen molar-refractivity contribution in [3.8, 4) is 5.75 Å². The Hall–Kier alpha value is -1.54. The van der Waals surface area contributed by atoms with Crippen molar-refractivity contribution >= 4 is 38.3 Å². The summed E-state index contributed by atoms with van der Waals surface area (Å²) in [5, 5.41) is 0. The van der Waals surface area contributed by atoms with Gasteiger partial charge < -0.3 is 4.74 Å². The Kier molecular flexibility index (Phi) is 6.06. The van der Waals surface area contributed by atoms with Crippen LogP contribution in [-0.4, -0.2) is 21.6 Å². The maximum Gasteiger partial charge on any atom is 0.264 e. The quantitative estimate of drug-likeness (QED) is 0.479. The van der Waals surface area contributed by atoms with Gasteiger partial charge in [0.05, 0.1) is 23.7 Å². The van der Waals surface area contributed by atoms with Crippen LogP contribution in [0.4, 0.5) is 5.69 Å². The number of sulfonamides is 1. The Bertz CT molecular complexity index is 755. The van der Waals surface area contributed by atoms with Crippen molar-refractivity contribution in [3.63, 3.8) is 0 Å². The average molecular weight is 443 g/mol. The van der Waals surface area contributed by atoms with Crippen LogP contribution in [0.3, 0.4) is 0 Å². The summed E-state index contributed by atoms with van der Waals surface area (Å²) in [6, 6.07) is 13.8. The normalized spacial score (nSPS) is 11.0. The lowest BCUT2D eigenvalue weighted by Crippen LogP contribution is -2.31. The van der Waals surface area contributed by atoms with Crippen molar-refractivity contribution in [1.29, 1.82) is 0 Å². The number of anilines is 1. The zero-order valence-electron chi connectivity index (χ0n) is 12.8. The summed E-state index contributed by atoms with van der Waals surface area (Å²) < 4.78 is 33.6. The number of halogens is 1. The molecule has 0 aliphatic heterocycles. The van der Waals surface area contributed by atoms with Gasteiger partial charge in [0, 0.05) is 3.57 Å². The van der Waals surface area contributed by atoms with Gasteiger partial charge >= 0.3 is 0 Å². The van der Waals surface area contributed by atoms with Gasteiger partial charge in [-0.15, -0.1) is 6.58 Å². The molecule has 0 radical (unpaired) electrons. The molecule has 0 atom stereocenters. The van der Waals surface area contributed by atoms with Crippen molar-refractivity contribution in [1.82, 2.24) is 0 Å². The van der Waals surface area contributed by atoms with Crippen LogP contribution in [0, 0.1) is 3.57 Å². The van der Waals surface area contributed by atoms with Crippen molar-refractivity contribution < 1.29 is 13.2 Å². The monoisotopic (exact) mass is 443 g/mol. The highest BCUT2D eigenvalue weighted by Crippen LogP contribution is 2.25. The number of hydrogen-bond acceptors (Lipinski definition) is 3. The molecular weight excluding hydrogens is 425 g/mol. The topological polar surface area (TPSA) is 46.6 Å². The molecule has 0 aliphatic rings. The zero-order valence-corrected chi connectivity index (χ0v) is 15.7. The van der Waals surface area contributed by atoms with Gasteiger partial charge in [-0.1, -0.05) is 6.08 Å². The van der Waals surface area contributed by atoms with E-state index in [1.165, 1.54) is 4.31 Å². The van der Waals surface area contributed by atoms with Gasteiger partial charge in [-0.3, -0.25) is 4.31 Å². The summed E-state index contributed by atoms with van der Waals surface area (Å²) in [5.74, 6) is 0.649. The summed E-state index contributed by atoms with van der Waals surface area (Å²) >= 11 is 2.18. The first-order valence-electron chi connectivity index (χ1n) is 7.11. The molecule has 0 aromatic heterocycles. The number of benzene rings is 2. The van der Waals surface area contributed by atoms with E-state index < -0.39 is 10.0 Å². The van der Waals surface area contributed by atoms with Gasteiger partial charge in [0.2, 0.25) is 0 Å². The number of nitrogens with zero attached hydrogens (tertiary/aromatic N) is 1. The van der Waals surface area contributed by atoms with E-state index in [1.54, 1.807) is 42.5 Å². The van der Waals surface area contributed by atoms with E-state index in [-0.39, 0.29) is 11.4 Å². The fraction of sp³-hybridized carbons (Fsp3) is 0.176. The van der Waals surface area contributed by atoms with Gasteiger partial charge in [-0.2, -0.15) is 0 Å². The van der Waals surface area contributed by atoms with Gasteiger partial charge in [0.1, 0.15) is 5.75 Å². The lowest BCUT2D eigenvalue weighted by atomic mass is 10.3. The smallest absolute Gasteiger partial charge is 0.264 e. The van der Waals surface area contributed by atoms with E-state index in [4.69, 9.17) is 4.74 Å². The first kappa shape index (κ1) is 17.8. The van der Waals surface area contributed by atoms with Gasteiger partial charge in [-0.05, 0) is 78.0 Å². The van der Waals surface area contributed by atoms with E-state index in [0.29, 0.717) is 18.0 Å². The molecule has 0 spiro atoms. The molecule has 0 heterocycles. The minimum Gasteiger partial charge on any atom is -0.494 e. The van der Waals surface area contributed by atoms with Crippen LogP contribution in [0.15, 0.2) is 66.1 Å². The van der Waals surface area contributed by atoms with E-state index in [9.17, 15) is 8.42 Å². The highest BCUT2D eigenvalue weighted by molar-refractivity contribution is 14.1. The average Bonchev–Trinajstić information content (AvgIpc) is 2.54. The molecule has 6 heteroatoms. The molecule has 0 bridgehead atoms. The molecule has 4 nitrogen and oxygen atoms in total. The fourth-order valence-corrected chi connectivity index (χ4v) is 3.86. The van der Waals surface area contributed by atoms with Crippen LogP contribution in [0.5, 0.6) is 5.75 Å². The van der Waals surface area contributed by atoms with E-state index in [2.05, 4.69) is 29.2 Å². The van der Waals surface area contributed by atoms with Crippen molar-refractivity contribution in [2.75, 3.05) is 17.5 Å². The number of rotatable bonds is 7. The molecule has 0 saturated heterocycles. The van der Waals surface area contributed by atoms with Crippen molar-refractivity contribution in [3.05, 3.63) is 64.8 Å². The SMILES string of the molecule is C=CCN(c1ccc(I)cc1)S(=O)(=O)c1ccc(OCC)cc1. The molecule has 2 rings (SSSR count). The first-order chi connectivity index (χ1) is 11.0. The first-order valence-corrected chi connectivity index (χ1v) is 9.63. The highest BCUT2D eigenvalue weighted by Gasteiger charge is 2.23. The summed E-state index contributed by atoms with van der Waals surface area (Å²) in [7, 11) is -3.66. The Morgan fingerprint density at radius 3 is 2.26 bits per heavy atom. The Morgan fingerprint density at radius 1 is 1.13 bits per heavy atom. The third-order valence-corrected chi connectivity index (χ3v) is 5.66. The summed E-state index contributed by atoms with van der Waals surface area (Å²) in [5.41, 5.74) is 0.610. The predicted molar refractivity (Wildman–Crippen MR) is 101 cm³/mol. The molecule has 122 valence electrons. The molecule has 23 heavy (non-hydrogen) atoms. The van der Waals surface area contributed by atoms with Crippen LogP contribution in [0.2, 0.25) is 0 Å². The van der Waals surface area contributed by atoms with Crippen LogP contribution >= 0.6 is 22.6 Å². The minimum absolute atomic E-state index is 0.205. The second kappa shape index (κ2) is 7.83. The molecule has 0 amide bonds. The molecule has 0 N–H and O–H groups in total. The summed E-state index contributed by atoms with van der Waals surface area (Å²) in [6.07, 6.45) is 1.57. The number of ether oxygens (including phenoxy) is 1. The van der Waals surface area contributed by atoms with Crippen LogP contribution in [-0.2, 0) is 10.0 Å². The summed E-state index contributed by atoms with van der Waals surface area (Å²) in [4.78, 5) is 0.223. The van der Waals surface area contributed by atoms with Gasteiger partial charge in [0.15, 0.2) is 0 Å². The molecule has 2 aromatic carbocycles. The van der Waals surface area contributed by atoms with Crippen LogP contribution in [0.1, 0.15) is 6.92 Å². The Labute approximate surface area is 151 Å². The molecule has 0 saturated carbocycles. The summed E-state index contributed by atoms with van der Waals surface area (Å²) in [6.45, 7) is 6.29. The van der Waals surface area contributed by atoms with E-state index in [1.807, 2.05) is 19.1 Å². The van der Waals surface area contributed by atoms with Crippen LogP contribution < -0.4 is 9.04 Å². The van der Waals surface area contributed by atoms with Crippen molar-refractivity contribution in [2.24, 2.45) is 0 Å². The standard InChI is InChI=1S/C17H18INO3S/c1-3-13-19(15-7-5-14(18)6-8-15)23(20,21)17-11-9-16(10-12-17)22-4-2/h3,5-12H,1,4,13H2,2H3. The maximum atomic E-state index is 12.9. The highest BCUT2D eigenvalue weighted by atomic mass is 127. The lowest BCUT2D eigenvalue weighted by Gasteiger charge is -2.23. The second-order valence-corrected chi connectivity index (χ2v) is 7.81. The van der Waals surface area contributed by atoms with Gasteiger partial charge in [-0.25, -0.2) is 8.42 Å². The van der Waals surface area contributed by atoms with Gasteiger partial charge in [0.25, 0.3) is 10.0 Å². The predicted octanol–water partition coefficient (Wildman–Crippen LogP) is 4.07. The van der Waals surface area contributed by atoms with Crippen LogP contribution in [0.25, 0.3) is 0 Å². The lowest BCUT2D eigenvalue weighted by molar-refractivity contribution is 0.340. The minimum atomic E-state index is -3.66. The Balaban J connectivity index is 2.39. The third-order valence-electron chi connectivity index (χ3n) is 3.13. The van der Waals surface area contributed by atoms with E-state index >= 15 is 0 Å². The fourth-order valence-electron chi connectivity index (χ4n) is 2.07. The molecular formula is C17H18INO3S. The molecule has 0 aliphatic carbocycles.